The zero-order chi connectivity index (χ0) is 67.5. The van der Waals surface area contributed by atoms with Crippen LogP contribution in [-0.4, -0.2) is 252 Å². The molecule has 28 atom stereocenters. The van der Waals surface area contributed by atoms with E-state index in [4.69, 9.17) is 78.6 Å². The Kier molecular flexibility index (Phi) is 27.7. The van der Waals surface area contributed by atoms with Gasteiger partial charge in [-0.3, -0.25) is 38.8 Å². The van der Waals surface area contributed by atoms with Gasteiger partial charge >= 0.3 is 25.5 Å². The predicted octanol–water partition coefficient (Wildman–Crippen LogP) is -2.93. The number of carbonyl (C=O) groups is 7. The number of ether oxygens (including phenoxy) is 12. The van der Waals surface area contributed by atoms with Crippen LogP contribution in [0.3, 0.4) is 0 Å². The normalized spacial score (nSPS) is 38.9. The first kappa shape index (κ1) is 75.4. The summed E-state index contributed by atoms with van der Waals surface area (Å²) in [5.74, 6) is -6.19. The Morgan fingerprint density at radius 2 is 1.02 bits per heavy atom. The standard InChI is InChI=1S/C56H95BN9O24/c1-17-21(4)78-42-24(7)81-53(38(61-26(9)58)47(42)83-31(14)71)86-44-36(64-29(12)69)52(79-22(5)40(44)74)88-46-34(66-33(73)19-20(3)67)35(63-28(11)68)50(85-49(46)51(76)77)56(16,18-2)89-43-25(8)82-54(39(62-27(10)59)48(43)84-32(15)72)87-45-37(65-30(13)70)55(90-57-60)80-23(6)41(45)75/h20-25,34-50,52-55,67,74-75H,17-19,60H2,1-16H3,(H2,58,61)(H2,59,62)(H,63,68)(H,64,69)(H,65,70)(H,66,73)(H,76,77)/t20-,21?,22?,23?,24?,25?,34?,35?,36?,37?,38?,39?,40?,41?,42?,43?,44?,45?,46?,47?,48?,49?,50?,52?,53?,54?,55?,56?/m1/s1. The van der Waals surface area contributed by atoms with Crippen LogP contribution in [0.5, 0.6) is 0 Å². The molecule has 90 heavy (non-hydrogen) atoms. The number of aliphatic hydroxyl groups is 3. The molecule has 5 fully saturated rings. The van der Waals surface area contributed by atoms with Gasteiger partial charge in [0.15, 0.2) is 43.5 Å². The van der Waals surface area contributed by atoms with Crippen LogP contribution in [0.25, 0.3) is 0 Å². The van der Waals surface area contributed by atoms with E-state index < -0.39 is 213 Å². The molecule has 5 rings (SSSR count). The van der Waals surface area contributed by atoms with Crippen molar-refractivity contribution >= 4 is 60.8 Å². The molecular weight excluding hydrogens is 1190 g/mol. The van der Waals surface area contributed by atoms with Crippen LogP contribution >= 0.6 is 0 Å². The van der Waals surface area contributed by atoms with Gasteiger partial charge in [-0.25, -0.2) is 4.79 Å². The SMILES string of the molecule is CCC(C)OC1C(C)OC(OC2C(O)C(C)OC(OC3C(C(=O)O)OC(C(C)(CC)OC4C(C)OC(OC5C(O)C(C)OC(O[B]N)C5NC(C)=O)C(N=C(C)N)C4OC(C)=O)C(NC(C)=O)C3NC(=O)C[C@@H](C)O)C2NC(C)=O)C(N=C(C)N)C1OC(C)=O. The van der Waals surface area contributed by atoms with E-state index in [1.807, 2.05) is 13.8 Å². The number of aliphatic carboxylic acids is 1. The number of aliphatic imine (C=N–C) groups is 2. The Labute approximate surface area is 524 Å². The monoisotopic (exact) mass is 1290 g/mol. The lowest BCUT2D eigenvalue weighted by Gasteiger charge is -2.54. The van der Waals surface area contributed by atoms with E-state index in [1.165, 1.54) is 62.3 Å². The molecule has 34 heteroatoms. The lowest BCUT2D eigenvalue weighted by molar-refractivity contribution is -0.340. The fraction of sp³-hybridized carbons (Fsp3) is 0.839. The quantitative estimate of drug-likeness (QED) is 0.0179. The molecule has 5 aliphatic rings. The highest BCUT2D eigenvalue weighted by molar-refractivity contribution is 6.22. The highest BCUT2D eigenvalue weighted by atomic mass is 16.7. The molecule has 4 amide bonds. The number of amides is 4. The maximum Gasteiger partial charge on any atom is 0.394 e. The van der Waals surface area contributed by atoms with Gasteiger partial charge in [0, 0.05) is 34.6 Å². The van der Waals surface area contributed by atoms with Crippen molar-refractivity contribution in [3.8, 4) is 0 Å². The van der Waals surface area contributed by atoms with Gasteiger partial charge < -0.3 is 120 Å². The van der Waals surface area contributed by atoms with Crippen molar-refractivity contribution in [1.29, 1.82) is 0 Å². The summed E-state index contributed by atoms with van der Waals surface area (Å²) in [4.78, 5) is 103. The van der Waals surface area contributed by atoms with E-state index in [-0.39, 0.29) is 24.2 Å². The summed E-state index contributed by atoms with van der Waals surface area (Å²) in [5.41, 5.74) is 16.1. The van der Waals surface area contributed by atoms with Gasteiger partial charge in [-0.05, 0) is 75.2 Å². The molecule has 511 valence electrons. The number of nitrogens with one attached hydrogen (secondary N) is 4. The fourth-order valence-electron chi connectivity index (χ4n) is 11.7. The number of nitrogens with two attached hydrogens (primary N) is 3. The molecule has 0 aromatic carbocycles. The van der Waals surface area contributed by atoms with Crippen molar-refractivity contribution in [2.75, 3.05) is 0 Å². The third kappa shape index (κ3) is 19.2. The average molecular weight is 1290 g/mol. The van der Waals surface area contributed by atoms with Gasteiger partial charge in [0.25, 0.3) is 0 Å². The number of hydrogen-bond donors (Lipinski definition) is 11. The van der Waals surface area contributed by atoms with Crippen LogP contribution in [0.15, 0.2) is 9.98 Å². The van der Waals surface area contributed by atoms with Crippen molar-refractivity contribution in [2.45, 2.75) is 301 Å². The summed E-state index contributed by atoms with van der Waals surface area (Å²) in [7, 11) is 0.834. The number of carboxylic acids is 1. The maximum absolute atomic E-state index is 14.1. The Morgan fingerprint density at radius 1 is 0.589 bits per heavy atom. The van der Waals surface area contributed by atoms with E-state index in [9.17, 15) is 54.0 Å². The van der Waals surface area contributed by atoms with Gasteiger partial charge in [0.2, 0.25) is 23.6 Å². The van der Waals surface area contributed by atoms with E-state index in [1.54, 1.807) is 13.8 Å². The van der Waals surface area contributed by atoms with Gasteiger partial charge in [0.1, 0.15) is 73.0 Å². The summed E-state index contributed by atoms with van der Waals surface area (Å²) in [6.45, 7) is 23.0. The Morgan fingerprint density at radius 3 is 1.44 bits per heavy atom. The maximum atomic E-state index is 14.1. The minimum absolute atomic E-state index is 0.0157. The first-order valence-electron chi connectivity index (χ1n) is 30.1. The van der Waals surface area contributed by atoms with E-state index >= 15 is 0 Å². The molecule has 0 aromatic rings. The van der Waals surface area contributed by atoms with E-state index in [0.717, 1.165) is 28.4 Å². The van der Waals surface area contributed by atoms with Crippen LogP contribution in [0.2, 0.25) is 0 Å². The third-order valence-corrected chi connectivity index (χ3v) is 16.0. The topological polar surface area (TPSA) is 471 Å². The van der Waals surface area contributed by atoms with Crippen LogP contribution in [0.1, 0.15) is 130 Å². The smallest absolute Gasteiger partial charge is 0.394 e. The Balaban J connectivity index is 1.63. The molecule has 0 spiro atoms. The number of esters is 2. The second-order valence-corrected chi connectivity index (χ2v) is 23.8. The molecule has 0 bridgehead atoms. The number of carbonyl (C=O) groups excluding carboxylic acids is 6. The molecule has 5 aliphatic heterocycles. The summed E-state index contributed by atoms with van der Waals surface area (Å²) in [6, 6.07) is -8.77. The lowest BCUT2D eigenvalue weighted by atomic mass is 9.80. The summed E-state index contributed by atoms with van der Waals surface area (Å²) >= 11 is 0. The Bertz CT molecular complexity index is 2520. The fourth-order valence-corrected chi connectivity index (χ4v) is 11.7. The van der Waals surface area contributed by atoms with Gasteiger partial charge in [-0.2, -0.15) is 0 Å². The van der Waals surface area contributed by atoms with Crippen molar-refractivity contribution in [3.05, 3.63) is 0 Å². The summed E-state index contributed by atoms with van der Waals surface area (Å²) in [5, 5.41) is 56.3. The molecule has 14 N–H and O–H groups in total. The highest BCUT2D eigenvalue weighted by Gasteiger charge is 2.61. The Hall–Kier alpha value is -5.31. The number of nitrogens with zero attached hydrogens (tertiary/aromatic N) is 2. The molecule has 5 heterocycles. The van der Waals surface area contributed by atoms with Crippen LogP contribution in [0.4, 0.5) is 0 Å². The van der Waals surface area contributed by atoms with E-state index in [0.29, 0.717) is 6.42 Å². The zero-order valence-electron chi connectivity index (χ0n) is 53.9. The molecule has 33 nitrogen and oxygen atoms in total. The first-order valence-corrected chi connectivity index (χ1v) is 30.1. The van der Waals surface area contributed by atoms with Crippen LogP contribution < -0.4 is 38.4 Å². The number of rotatable bonds is 26. The van der Waals surface area contributed by atoms with Gasteiger partial charge in [0.05, 0.1) is 72.4 Å². The largest absolute Gasteiger partial charge is 0.479 e. The van der Waals surface area contributed by atoms with Crippen LogP contribution in [-0.2, 0) is 95.1 Å². The zero-order valence-corrected chi connectivity index (χ0v) is 53.9. The van der Waals surface area contributed by atoms with E-state index in [2.05, 4.69) is 31.3 Å². The number of aliphatic hydroxyl groups excluding tert-OH is 3. The van der Waals surface area contributed by atoms with Gasteiger partial charge in [-0.1, -0.05) is 13.8 Å². The molecular formula is C56H95BN9O24. The molecule has 0 saturated carbocycles. The summed E-state index contributed by atoms with van der Waals surface area (Å²) < 4.78 is 82.1. The lowest BCUT2D eigenvalue weighted by Crippen LogP contribution is -2.76. The summed E-state index contributed by atoms with van der Waals surface area (Å²) in [6.07, 6.45) is -29.0. The van der Waals surface area contributed by atoms with Gasteiger partial charge in [-0.15, -0.1) is 0 Å². The van der Waals surface area contributed by atoms with Crippen molar-refractivity contribution < 1.29 is 115 Å². The van der Waals surface area contributed by atoms with Crippen LogP contribution in [0, 0.1) is 0 Å². The predicted molar refractivity (Wildman–Crippen MR) is 314 cm³/mol. The molecule has 5 saturated heterocycles. The van der Waals surface area contributed by atoms with Crippen molar-refractivity contribution in [2.24, 2.45) is 27.1 Å². The number of amidine groups is 2. The molecule has 0 aromatic heterocycles. The molecule has 27 unspecified atom stereocenters. The minimum Gasteiger partial charge on any atom is -0.479 e. The molecule has 0 aliphatic carbocycles. The molecule has 1 radical (unpaired) electrons. The number of hydrogen-bond acceptors (Lipinski definition) is 26. The third-order valence-electron chi connectivity index (χ3n) is 16.0. The minimum atomic E-state index is -2.16. The average Bonchev–Trinajstić information content (AvgIpc) is 0.765. The van der Waals surface area contributed by atoms with Crippen molar-refractivity contribution in [1.82, 2.24) is 21.3 Å². The second kappa shape index (κ2) is 33.0. The number of carboxylic acid groups (broad SMARTS) is 1. The highest BCUT2D eigenvalue weighted by Crippen LogP contribution is 2.42. The first-order chi connectivity index (χ1) is 42.0. The van der Waals surface area contributed by atoms with Crippen molar-refractivity contribution in [3.63, 3.8) is 0 Å². The second-order valence-electron chi connectivity index (χ2n) is 23.8.